The van der Waals surface area contributed by atoms with Crippen molar-refractivity contribution < 1.29 is 14.3 Å². The van der Waals surface area contributed by atoms with Gasteiger partial charge in [-0.15, -0.1) is 0 Å². The van der Waals surface area contributed by atoms with Gasteiger partial charge in [-0.2, -0.15) is 5.10 Å². The lowest BCUT2D eigenvalue weighted by atomic mass is 10.1. The Morgan fingerprint density at radius 1 is 1.22 bits per heavy atom. The van der Waals surface area contributed by atoms with Crippen molar-refractivity contribution in [2.24, 2.45) is 7.05 Å². The highest BCUT2D eigenvalue weighted by atomic mass is 16.5. The first-order valence-corrected chi connectivity index (χ1v) is 9.35. The number of ether oxygens (including phenoxy) is 1. The Labute approximate surface area is 158 Å². The Morgan fingerprint density at radius 2 is 1.96 bits per heavy atom. The maximum absolute atomic E-state index is 13.0. The first-order chi connectivity index (χ1) is 13.0. The third kappa shape index (κ3) is 3.82. The molecule has 0 spiro atoms. The molecule has 0 unspecified atom stereocenters. The number of carbonyl (C=O) groups excluding carboxylic acids is 2. The van der Waals surface area contributed by atoms with Crippen LogP contribution < -0.4 is 10.1 Å². The van der Waals surface area contributed by atoms with Crippen LogP contribution in [0.15, 0.2) is 36.4 Å². The van der Waals surface area contributed by atoms with Crippen molar-refractivity contribution in [1.82, 2.24) is 20.0 Å². The van der Waals surface area contributed by atoms with Crippen molar-refractivity contribution >= 4 is 11.8 Å². The van der Waals surface area contributed by atoms with E-state index < -0.39 is 6.04 Å². The molecule has 2 aromatic rings. The molecule has 4 rings (SSSR count). The van der Waals surface area contributed by atoms with Crippen LogP contribution in [0.1, 0.15) is 35.4 Å². The molecule has 0 radical (unpaired) electrons. The summed E-state index contributed by atoms with van der Waals surface area (Å²) in [7, 11) is 1.80. The number of benzene rings is 1. The van der Waals surface area contributed by atoms with Crippen LogP contribution in [0.3, 0.4) is 0 Å². The van der Waals surface area contributed by atoms with Gasteiger partial charge in [0, 0.05) is 25.2 Å². The lowest BCUT2D eigenvalue weighted by Crippen LogP contribution is -2.46. The number of aryl methyl sites for hydroxylation is 2. The van der Waals surface area contributed by atoms with E-state index in [4.69, 9.17) is 4.74 Å². The van der Waals surface area contributed by atoms with Gasteiger partial charge in [0.25, 0.3) is 5.91 Å². The zero-order valence-electron chi connectivity index (χ0n) is 15.6. The van der Waals surface area contributed by atoms with Gasteiger partial charge in [0.05, 0.1) is 6.54 Å². The van der Waals surface area contributed by atoms with E-state index >= 15 is 0 Å². The Morgan fingerprint density at radius 3 is 2.59 bits per heavy atom. The number of nitrogens with one attached hydrogen (secondary N) is 1. The monoisotopic (exact) mass is 368 g/mol. The van der Waals surface area contributed by atoms with E-state index in [1.54, 1.807) is 22.7 Å². The number of para-hydroxylation sites is 1. The van der Waals surface area contributed by atoms with Crippen LogP contribution in [-0.4, -0.2) is 51.2 Å². The summed E-state index contributed by atoms with van der Waals surface area (Å²) in [6.07, 6.45) is 2.27. The minimum absolute atomic E-state index is 0.0994. The van der Waals surface area contributed by atoms with E-state index in [1.807, 2.05) is 37.3 Å². The lowest BCUT2D eigenvalue weighted by Gasteiger charge is -2.22. The molecule has 2 amide bonds. The topological polar surface area (TPSA) is 76.5 Å². The predicted molar refractivity (Wildman–Crippen MR) is 99.4 cm³/mol. The highest BCUT2D eigenvalue weighted by molar-refractivity contribution is 5.96. The smallest absolute Gasteiger partial charge is 0.275 e. The molecule has 7 nitrogen and oxygen atoms in total. The number of carbonyl (C=O) groups is 2. The summed E-state index contributed by atoms with van der Waals surface area (Å²) in [5.74, 6) is 0.415. The normalized spacial score (nSPS) is 21.9. The molecule has 1 N–H and O–H groups in total. The van der Waals surface area contributed by atoms with E-state index in [2.05, 4.69) is 10.4 Å². The second-order valence-electron chi connectivity index (χ2n) is 7.34. The zero-order chi connectivity index (χ0) is 19.0. The zero-order valence-corrected chi connectivity index (χ0v) is 15.6. The molecule has 27 heavy (non-hydrogen) atoms. The first kappa shape index (κ1) is 17.6. The Kier molecular flexibility index (Phi) is 4.59. The molecular weight excluding hydrogens is 344 g/mol. The van der Waals surface area contributed by atoms with E-state index in [9.17, 15) is 9.59 Å². The van der Waals surface area contributed by atoms with Gasteiger partial charge in [-0.3, -0.25) is 14.3 Å². The Bertz CT molecular complexity index is 825. The molecule has 1 aromatic heterocycles. The first-order valence-electron chi connectivity index (χ1n) is 9.35. The highest BCUT2D eigenvalue weighted by Gasteiger charge is 2.42. The molecule has 1 aromatic carbocycles. The van der Waals surface area contributed by atoms with Gasteiger partial charge in [-0.25, -0.2) is 0 Å². The summed E-state index contributed by atoms with van der Waals surface area (Å²) in [6, 6.07) is 11.0. The summed E-state index contributed by atoms with van der Waals surface area (Å²) in [6.45, 7) is 2.26. The van der Waals surface area contributed by atoms with Gasteiger partial charge in [-0.05, 0) is 38.0 Å². The maximum atomic E-state index is 13.0. The fraction of sp³-hybridized carbons (Fsp3) is 0.450. The molecule has 2 atom stereocenters. The summed E-state index contributed by atoms with van der Waals surface area (Å²) >= 11 is 0. The van der Waals surface area contributed by atoms with Crippen LogP contribution in [0, 0.1) is 6.92 Å². The third-order valence-corrected chi connectivity index (χ3v) is 5.13. The molecule has 1 aliphatic heterocycles. The summed E-state index contributed by atoms with van der Waals surface area (Å²) < 4.78 is 7.69. The highest BCUT2D eigenvalue weighted by Crippen LogP contribution is 2.26. The molecule has 1 saturated heterocycles. The number of rotatable bonds is 5. The quantitative estimate of drug-likeness (QED) is 0.871. The van der Waals surface area contributed by atoms with Gasteiger partial charge in [0.2, 0.25) is 5.91 Å². The standard InChI is InChI=1S/C20H24N4O3/c1-13-10-17(22-23(13)2)20(26)24-12-16(27-15-6-4-3-5-7-15)11-18(24)19(25)21-14-8-9-14/h3-7,10,14,16,18H,8-9,11-12H2,1-2H3,(H,21,25)/t16-,18-/m0/s1. The van der Waals surface area contributed by atoms with Crippen molar-refractivity contribution in [1.29, 1.82) is 0 Å². The SMILES string of the molecule is Cc1cc(C(=O)N2C[C@@H](Oc3ccccc3)C[C@H]2C(=O)NC2CC2)nn1C. The number of hydrogen-bond acceptors (Lipinski definition) is 4. The Balaban J connectivity index is 1.53. The van der Waals surface area contributed by atoms with Crippen molar-refractivity contribution in [3.05, 3.63) is 47.8 Å². The maximum Gasteiger partial charge on any atom is 0.275 e. The molecule has 2 heterocycles. The Hall–Kier alpha value is -2.83. The molecule has 1 aliphatic carbocycles. The molecular formula is C20H24N4O3. The summed E-state index contributed by atoms with van der Waals surface area (Å²) in [4.78, 5) is 27.4. The minimum Gasteiger partial charge on any atom is -0.488 e. The van der Waals surface area contributed by atoms with E-state index in [-0.39, 0.29) is 24.0 Å². The summed E-state index contributed by atoms with van der Waals surface area (Å²) in [5.41, 5.74) is 1.26. The lowest BCUT2D eigenvalue weighted by molar-refractivity contribution is -0.125. The van der Waals surface area contributed by atoms with Crippen LogP contribution in [0.25, 0.3) is 0 Å². The number of amides is 2. The van der Waals surface area contributed by atoms with Crippen molar-refractivity contribution in [2.45, 2.75) is 44.4 Å². The number of nitrogens with zero attached hydrogens (tertiary/aromatic N) is 3. The number of hydrogen-bond donors (Lipinski definition) is 1. The minimum atomic E-state index is -0.533. The van der Waals surface area contributed by atoms with Gasteiger partial charge >= 0.3 is 0 Å². The van der Waals surface area contributed by atoms with Gasteiger partial charge < -0.3 is 15.0 Å². The molecule has 142 valence electrons. The number of aromatic nitrogens is 2. The van der Waals surface area contributed by atoms with Crippen LogP contribution >= 0.6 is 0 Å². The van der Waals surface area contributed by atoms with Gasteiger partial charge in [-0.1, -0.05) is 18.2 Å². The molecule has 0 bridgehead atoms. The largest absolute Gasteiger partial charge is 0.488 e. The fourth-order valence-electron chi connectivity index (χ4n) is 3.38. The third-order valence-electron chi connectivity index (χ3n) is 5.13. The molecule has 2 aliphatic rings. The predicted octanol–water partition coefficient (Wildman–Crippen LogP) is 1.67. The second-order valence-corrected chi connectivity index (χ2v) is 7.34. The average molecular weight is 368 g/mol. The second kappa shape index (κ2) is 7.06. The molecule has 1 saturated carbocycles. The van der Waals surface area contributed by atoms with Crippen molar-refractivity contribution in [2.75, 3.05) is 6.54 Å². The van der Waals surface area contributed by atoms with E-state index in [0.717, 1.165) is 24.3 Å². The van der Waals surface area contributed by atoms with Crippen molar-refractivity contribution in [3.63, 3.8) is 0 Å². The van der Waals surface area contributed by atoms with E-state index in [1.165, 1.54) is 0 Å². The average Bonchev–Trinajstić information content (AvgIpc) is 3.27. The van der Waals surface area contributed by atoms with Crippen molar-refractivity contribution in [3.8, 4) is 5.75 Å². The van der Waals surface area contributed by atoms with E-state index in [0.29, 0.717) is 18.7 Å². The van der Waals surface area contributed by atoms with Crippen LogP contribution in [0.5, 0.6) is 5.75 Å². The van der Waals surface area contributed by atoms with Gasteiger partial charge in [0.15, 0.2) is 5.69 Å². The van der Waals surface area contributed by atoms with Crippen LogP contribution in [0.2, 0.25) is 0 Å². The summed E-state index contributed by atoms with van der Waals surface area (Å²) in [5, 5.41) is 7.30. The fourth-order valence-corrected chi connectivity index (χ4v) is 3.38. The molecule has 7 heteroatoms. The van der Waals surface area contributed by atoms with Crippen LogP contribution in [-0.2, 0) is 11.8 Å². The molecule has 2 fully saturated rings. The van der Waals surface area contributed by atoms with Crippen LogP contribution in [0.4, 0.5) is 0 Å². The van der Waals surface area contributed by atoms with Gasteiger partial charge in [0.1, 0.15) is 17.9 Å². The number of likely N-dealkylation sites (tertiary alicyclic amines) is 1.